The molecule has 7 heteroatoms. The largest absolute Gasteiger partial charge is 0.493 e. The fourth-order valence-corrected chi connectivity index (χ4v) is 2.71. The Morgan fingerprint density at radius 3 is 2.35 bits per heavy atom. The Labute approximate surface area is 156 Å². The van der Waals surface area contributed by atoms with Gasteiger partial charge in [-0.1, -0.05) is 23.7 Å². The molecule has 0 spiro atoms. The third-order valence-corrected chi connectivity index (χ3v) is 4.01. The van der Waals surface area contributed by atoms with Gasteiger partial charge in [-0.25, -0.2) is 4.79 Å². The summed E-state index contributed by atoms with van der Waals surface area (Å²) in [5, 5.41) is 9.23. The van der Waals surface area contributed by atoms with Crippen LogP contribution in [0.5, 0.6) is 11.5 Å². The zero-order valence-corrected chi connectivity index (χ0v) is 15.5. The van der Waals surface area contributed by atoms with Gasteiger partial charge in [-0.05, 0) is 36.8 Å². The number of hydrogen-bond acceptors (Lipinski definition) is 4. The van der Waals surface area contributed by atoms with E-state index in [4.69, 9.17) is 26.2 Å². The predicted molar refractivity (Wildman–Crippen MR) is 98.4 cm³/mol. The second-order valence-corrected chi connectivity index (χ2v) is 5.99. The molecule has 0 atom stereocenters. The Kier molecular flexibility index (Phi) is 6.46. The van der Waals surface area contributed by atoms with Crippen molar-refractivity contribution in [1.82, 2.24) is 4.90 Å². The van der Waals surface area contributed by atoms with Gasteiger partial charge in [0.25, 0.3) is 5.91 Å². The number of benzene rings is 2. The van der Waals surface area contributed by atoms with Crippen molar-refractivity contribution in [3.63, 3.8) is 0 Å². The van der Waals surface area contributed by atoms with Gasteiger partial charge in [-0.2, -0.15) is 0 Å². The lowest BCUT2D eigenvalue weighted by Gasteiger charge is -2.19. The lowest BCUT2D eigenvalue weighted by atomic mass is 10.1. The maximum Gasteiger partial charge on any atom is 0.335 e. The normalized spacial score (nSPS) is 10.3. The smallest absolute Gasteiger partial charge is 0.335 e. The molecule has 2 aromatic carbocycles. The number of halogens is 1. The number of carbonyl (C=O) groups excluding carboxylic acids is 1. The summed E-state index contributed by atoms with van der Waals surface area (Å²) in [7, 11) is 3.14. The number of aromatic carboxylic acids is 1. The first-order valence-corrected chi connectivity index (χ1v) is 8.33. The quantitative estimate of drug-likeness (QED) is 0.795. The highest BCUT2D eigenvalue weighted by Crippen LogP contribution is 2.36. The van der Waals surface area contributed by atoms with Crippen molar-refractivity contribution in [2.75, 3.05) is 20.8 Å². The average molecular weight is 378 g/mol. The van der Waals surface area contributed by atoms with E-state index in [0.29, 0.717) is 35.2 Å². The third kappa shape index (κ3) is 4.46. The van der Waals surface area contributed by atoms with Gasteiger partial charge < -0.3 is 19.5 Å². The average Bonchev–Trinajstić information content (AvgIpc) is 2.63. The maximum atomic E-state index is 12.7. The summed E-state index contributed by atoms with van der Waals surface area (Å²) in [6, 6.07) is 9.50. The molecule has 0 saturated heterocycles. The molecule has 2 aromatic rings. The minimum atomic E-state index is -0.989. The standard InChI is InChI=1S/C19H20ClNO5/c1-4-26-17-15(20)9-14(10-16(17)25-3)18(22)21(2)11-12-5-7-13(8-6-12)19(23)24/h5-10H,4,11H2,1-3H3,(H,23,24). The van der Waals surface area contributed by atoms with Crippen LogP contribution in [0.2, 0.25) is 5.02 Å². The fourth-order valence-electron chi connectivity index (χ4n) is 2.45. The molecule has 0 unspecified atom stereocenters. The van der Waals surface area contributed by atoms with Gasteiger partial charge >= 0.3 is 5.97 Å². The van der Waals surface area contributed by atoms with Gasteiger partial charge in [0.2, 0.25) is 0 Å². The molecule has 26 heavy (non-hydrogen) atoms. The number of nitrogens with zero attached hydrogens (tertiary/aromatic N) is 1. The summed E-state index contributed by atoms with van der Waals surface area (Å²) in [6.45, 7) is 2.58. The summed E-state index contributed by atoms with van der Waals surface area (Å²) < 4.78 is 10.7. The highest BCUT2D eigenvalue weighted by atomic mass is 35.5. The Morgan fingerprint density at radius 2 is 1.81 bits per heavy atom. The summed E-state index contributed by atoms with van der Waals surface area (Å²) in [5.41, 5.74) is 1.39. The SMILES string of the molecule is CCOc1c(Cl)cc(C(=O)N(C)Cc2ccc(C(=O)O)cc2)cc1OC. The van der Waals surface area contributed by atoms with E-state index in [0.717, 1.165) is 5.56 Å². The van der Waals surface area contributed by atoms with Crippen molar-refractivity contribution in [2.24, 2.45) is 0 Å². The number of carboxylic acid groups (broad SMARTS) is 1. The number of hydrogen-bond donors (Lipinski definition) is 1. The van der Waals surface area contributed by atoms with E-state index in [1.165, 1.54) is 24.1 Å². The van der Waals surface area contributed by atoms with Crippen LogP contribution in [-0.4, -0.2) is 42.6 Å². The molecular weight excluding hydrogens is 358 g/mol. The lowest BCUT2D eigenvalue weighted by molar-refractivity contribution is 0.0695. The first kappa shape index (κ1) is 19.6. The molecule has 0 fully saturated rings. The first-order chi connectivity index (χ1) is 12.4. The minimum Gasteiger partial charge on any atom is -0.493 e. The molecule has 1 N–H and O–H groups in total. The van der Waals surface area contributed by atoms with Gasteiger partial charge in [0, 0.05) is 19.2 Å². The Morgan fingerprint density at radius 1 is 1.15 bits per heavy atom. The number of rotatable bonds is 7. The third-order valence-electron chi connectivity index (χ3n) is 3.73. The first-order valence-electron chi connectivity index (χ1n) is 7.95. The van der Waals surface area contributed by atoms with Crippen LogP contribution in [0.25, 0.3) is 0 Å². The maximum absolute atomic E-state index is 12.7. The van der Waals surface area contributed by atoms with Gasteiger partial charge in [-0.15, -0.1) is 0 Å². The second-order valence-electron chi connectivity index (χ2n) is 5.59. The fraction of sp³-hybridized carbons (Fsp3) is 0.263. The summed E-state index contributed by atoms with van der Waals surface area (Å²) in [5.74, 6) is -0.435. The molecule has 0 aliphatic carbocycles. The Hall–Kier alpha value is -2.73. The molecule has 0 radical (unpaired) electrons. The van der Waals surface area contributed by atoms with Crippen LogP contribution < -0.4 is 9.47 Å². The van der Waals surface area contributed by atoms with E-state index in [-0.39, 0.29) is 11.5 Å². The zero-order valence-electron chi connectivity index (χ0n) is 14.8. The molecule has 0 heterocycles. The van der Waals surface area contributed by atoms with Crippen LogP contribution in [0.4, 0.5) is 0 Å². The van der Waals surface area contributed by atoms with E-state index in [1.54, 1.807) is 31.3 Å². The van der Waals surface area contributed by atoms with E-state index < -0.39 is 5.97 Å². The molecule has 0 aliphatic rings. The number of carboxylic acids is 1. The van der Waals surface area contributed by atoms with E-state index in [2.05, 4.69) is 0 Å². The van der Waals surface area contributed by atoms with Crippen molar-refractivity contribution in [3.8, 4) is 11.5 Å². The van der Waals surface area contributed by atoms with Gasteiger partial charge in [0.15, 0.2) is 11.5 Å². The minimum absolute atomic E-state index is 0.200. The Bertz CT molecular complexity index is 804. The summed E-state index contributed by atoms with van der Waals surface area (Å²) in [6.07, 6.45) is 0. The van der Waals surface area contributed by atoms with Gasteiger partial charge in [0.05, 0.1) is 24.3 Å². The molecule has 2 rings (SSSR count). The van der Waals surface area contributed by atoms with Crippen LogP contribution in [0, 0.1) is 0 Å². The van der Waals surface area contributed by atoms with E-state index in [9.17, 15) is 9.59 Å². The van der Waals surface area contributed by atoms with Crippen LogP contribution >= 0.6 is 11.6 Å². The number of methoxy groups -OCH3 is 1. The van der Waals surface area contributed by atoms with Crippen molar-refractivity contribution < 1.29 is 24.2 Å². The van der Waals surface area contributed by atoms with E-state index in [1.807, 2.05) is 6.92 Å². The van der Waals surface area contributed by atoms with Crippen LogP contribution in [-0.2, 0) is 6.54 Å². The topological polar surface area (TPSA) is 76.1 Å². The zero-order chi connectivity index (χ0) is 19.3. The van der Waals surface area contributed by atoms with Crippen molar-refractivity contribution in [1.29, 1.82) is 0 Å². The monoisotopic (exact) mass is 377 g/mol. The van der Waals surface area contributed by atoms with Crippen LogP contribution in [0.3, 0.4) is 0 Å². The highest BCUT2D eigenvalue weighted by molar-refractivity contribution is 6.32. The number of ether oxygens (including phenoxy) is 2. The molecule has 1 amide bonds. The summed E-state index contributed by atoms with van der Waals surface area (Å²) in [4.78, 5) is 25.1. The number of carbonyl (C=O) groups is 2. The lowest BCUT2D eigenvalue weighted by Crippen LogP contribution is -2.26. The van der Waals surface area contributed by atoms with Crippen LogP contribution in [0.15, 0.2) is 36.4 Å². The highest BCUT2D eigenvalue weighted by Gasteiger charge is 2.18. The molecular formula is C19H20ClNO5. The molecule has 0 saturated carbocycles. The second kappa shape index (κ2) is 8.58. The molecule has 0 bridgehead atoms. The molecule has 0 aromatic heterocycles. The van der Waals surface area contributed by atoms with E-state index >= 15 is 0 Å². The van der Waals surface area contributed by atoms with Crippen molar-refractivity contribution in [2.45, 2.75) is 13.5 Å². The van der Waals surface area contributed by atoms with Gasteiger partial charge in [0.1, 0.15) is 0 Å². The molecule has 6 nitrogen and oxygen atoms in total. The van der Waals surface area contributed by atoms with Crippen LogP contribution in [0.1, 0.15) is 33.2 Å². The predicted octanol–water partition coefficient (Wildman–Crippen LogP) is 3.72. The number of amides is 1. The van der Waals surface area contributed by atoms with Crippen molar-refractivity contribution >= 4 is 23.5 Å². The molecule has 0 aliphatic heterocycles. The summed E-state index contributed by atoms with van der Waals surface area (Å²) >= 11 is 6.22. The van der Waals surface area contributed by atoms with Crippen molar-refractivity contribution in [3.05, 3.63) is 58.1 Å². The Balaban J connectivity index is 2.19. The molecule has 138 valence electrons. The van der Waals surface area contributed by atoms with Gasteiger partial charge in [-0.3, -0.25) is 4.79 Å².